The fourth-order valence-corrected chi connectivity index (χ4v) is 3.01. The average Bonchev–Trinajstić information content (AvgIpc) is 3.00. The first kappa shape index (κ1) is 16.6. The normalized spacial score (nSPS) is 17.0. The molecule has 2 aromatic rings. The lowest BCUT2D eigenvalue weighted by molar-refractivity contribution is 0.0628. The first-order chi connectivity index (χ1) is 11.6. The van der Waals surface area contributed by atoms with E-state index in [1.165, 1.54) is 0 Å². The third-order valence-corrected chi connectivity index (χ3v) is 4.34. The summed E-state index contributed by atoms with van der Waals surface area (Å²) >= 11 is 0. The molecule has 0 fully saturated rings. The van der Waals surface area contributed by atoms with Gasteiger partial charge in [0.05, 0.1) is 24.5 Å². The summed E-state index contributed by atoms with van der Waals surface area (Å²) in [5.41, 5.74) is 2.34. The molecular weight excluding hydrogens is 306 g/mol. The Balaban J connectivity index is 1.76. The molecule has 0 unspecified atom stereocenters. The van der Waals surface area contributed by atoms with E-state index in [0.717, 1.165) is 36.8 Å². The molecule has 0 spiro atoms. The van der Waals surface area contributed by atoms with Crippen molar-refractivity contribution < 1.29 is 9.53 Å². The maximum atomic E-state index is 12.7. The average molecular weight is 329 g/mol. The molecule has 0 saturated heterocycles. The van der Waals surface area contributed by atoms with Gasteiger partial charge < -0.3 is 14.2 Å². The Morgan fingerprint density at radius 2 is 2.08 bits per heavy atom. The Hall–Kier alpha value is -2.28. The topological polar surface area (TPSA) is 73.1 Å². The Kier molecular flexibility index (Phi) is 4.89. The van der Waals surface area contributed by atoms with Gasteiger partial charge in [-0.1, -0.05) is 0 Å². The summed E-state index contributed by atoms with van der Waals surface area (Å²) in [6.45, 7) is 8.64. The molecule has 1 aliphatic rings. The number of ether oxygens (including phenoxy) is 1. The molecule has 3 rings (SSSR count). The molecule has 0 aliphatic carbocycles. The number of rotatable bonds is 5. The van der Waals surface area contributed by atoms with E-state index in [-0.39, 0.29) is 11.9 Å². The number of amides is 1. The zero-order valence-corrected chi connectivity index (χ0v) is 14.4. The third kappa shape index (κ3) is 3.17. The second kappa shape index (κ2) is 7.09. The summed E-state index contributed by atoms with van der Waals surface area (Å²) in [6.07, 6.45) is 5.89. The molecule has 1 aliphatic heterocycles. The number of carbonyl (C=O) groups is 1. The third-order valence-electron chi connectivity index (χ3n) is 4.34. The van der Waals surface area contributed by atoms with Crippen LogP contribution in [0, 0.1) is 6.92 Å². The predicted octanol–water partition coefficient (Wildman–Crippen LogP) is 1.78. The quantitative estimate of drug-likeness (QED) is 0.782. The Labute approximate surface area is 141 Å². The van der Waals surface area contributed by atoms with Crippen LogP contribution >= 0.6 is 0 Å². The van der Waals surface area contributed by atoms with E-state index in [4.69, 9.17) is 4.74 Å². The molecule has 2 aromatic heterocycles. The molecule has 0 N–H and O–H groups in total. The van der Waals surface area contributed by atoms with Crippen LogP contribution in [-0.4, -0.2) is 50.1 Å². The van der Waals surface area contributed by atoms with Gasteiger partial charge in [0.25, 0.3) is 5.91 Å². The first-order valence-corrected chi connectivity index (χ1v) is 8.33. The summed E-state index contributed by atoms with van der Waals surface area (Å²) < 4.78 is 7.63. The number of nitrogens with zero attached hydrogens (tertiary/aromatic N) is 5. The first-order valence-electron chi connectivity index (χ1n) is 8.33. The van der Waals surface area contributed by atoms with E-state index in [1.54, 1.807) is 12.4 Å². The van der Waals surface area contributed by atoms with Crippen LogP contribution in [0.1, 0.15) is 47.6 Å². The van der Waals surface area contributed by atoms with Crippen LogP contribution in [0.25, 0.3) is 0 Å². The summed E-state index contributed by atoms with van der Waals surface area (Å²) in [4.78, 5) is 27.4. The van der Waals surface area contributed by atoms with E-state index in [1.807, 2.05) is 31.9 Å². The molecule has 0 aromatic carbocycles. The molecule has 3 heterocycles. The highest BCUT2D eigenvalue weighted by molar-refractivity contribution is 5.92. The summed E-state index contributed by atoms with van der Waals surface area (Å²) in [6, 6.07) is -0.0878. The standard InChI is InChI=1S/C17H23N5O2/c1-4-24-8-5-14-10-20-16-13(3)21(6-7-22(14)16)17(23)15-11-18-12(2)9-19-15/h9-11,13H,4-8H2,1-3H3/t13-/m0/s1. The van der Waals surface area contributed by atoms with Crippen LogP contribution in [-0.2, 0) is 17.7 Å². The van der Waals surface area contributed by atoms with Gasteiger partial charge in [-0.3, -0.25) is 9.78 Å². The zero-order valence-electron chi connectivity index (χ0n) is 14.4. The molecule has 1 amide bonds. The largest absolute Gasteiger partial charge is 0.381 e. The van der Waals surface area contributed by atoms with Gasteiger partial charge in [-0.15, -0.1) is 0 Å². The molecule has 0 radical (unpaired) electrons. The van der Waals surface area contributed by atoms with Crippen LogP contribution in [0.15, 0.2) is 18.6 Å². The van der Waals surface area contributed by atoms with Crippen molar-refractivity contribution in [1.29, 1.82) is 0 Å². The van der Waals surface area contributed by atoms with Gasteiger partial charge in [0.2, 0.25) is 0 Å². The number of hydrogen-bond donors (Lipinski definition) is 0. The molecule has 128 valence electrons. The zero-order chi connectivity index (χ0) is 17.1. The Bertz CT molecular complexity index is 710. The van der Waals surface area contributed by atoms with Gasteiger partial charge in [0, 0.05) is 44.2 Å². The molecule has 7 nitrogen and oxygen atoms in total. The maximum Gasteiger partial charge on any atom is 0.274 e. The van der Waals surface area contributed by atoms with Crippen molar-refractivity contribution in [1.82, 2.24) is 24.4 Å². The van der Waals surface area contributed by atoms with Gasteiger partial charge in [-0.05, 0) is 20.8 Å². The second-order valence-corrected chi connectivity index (χ2v) is 5.92. The molecule has 0 bridgehead atoms. The molecular formula is C17H23N5O2. The van der Waals surface area contributed by atoms with Crippen LogP contribution in [0.2, 0.25) is 0 Å². The van der Waals surface area contributed by atoms with E-state index in [2.05, 4.69) is 19.5 Å². The summed E-state index contributed by atoms with van der Waals surface area (Å²) in [5, 5.41) is 0. The van der Waals surface area contributed by atoms with Crippen molar-refractivity contribution in [2.24, 2.45) is 0 Å². The van der Waals surface area contributed by atoms with E-state index in [0.29, 0.717) is 18.8 Å². The van der Waals surface area contributed by atoms with Crippen molar-refractivity contribution in [2.75, 3.05) is 19.8 Å². The summed E-state index contributed by atoms with van der Waals surface area (Å²) in [7, 11) is 0. The highest BCUT2D eigenvalue weighted by Gasteiger charge is 2.31. The minimum atomic E-state index is -0.0971. The number of imidazole rings is 1. The van der Waals surface area contributed by atoms with Gasteiger partial charge in [0.1, 0.15) is 11.5 Å². The lowest BCUT2D eigenvalue weighted by Crippen LogP contribution is -2.42. The lowest BCUT2D eigenvalue weighted by atomic mass is 10.2. The minimum Gasteiger partial charge on any atom is -0.381 e. The van der Waals surface area contributed by atoms with Crippen LogP contribution in [0.3, 0.4) is 0 Å². The van der Waals surface area contributed by atoms with E-state index >= 15 is 0 Å². The number of aromatic nitrogens is 4. The number of fused-ring (bicyclic) bond motifs is 1. The minimum absolute atomic E-state index is 0.0878. The fraction of sp³-hybridized carbons (Fsp3) is 0.529. The fourth-order valence-electron chi connectivity index (χ4n) is 3.01. The predicted molar refractivity (Wildman–Crippen MR) is 88.6 cm³/mol. The Morgan fingerprint density at radius 3 is 2.79 bits per heavy atom. The van der Waals surface area contributed by atoms with Crippen LogP contribution in [0.5, 0.6) is 0 Å². The van der Waals surface area contributed by atoms with Crippen molar-refractivity contribution in [3.63, 3.8) is 0 Å². The van der Waals surface area contributed by atoms with Gasteiger partial charge >= 0.3 is 0 Å². The molecule has 0 saturated carbocycles. The van der Waals surface area contributed by atoms with Gasteiger partial charge in [-0.2, -0.15) is 0 Å². The lowest BCUT2D eigenvalue weighted by Gasteiger charge is -2.34. The number of hydrogen-bond acceptors (Lipinski definition) is 5. The van der Waals surface area contributed by atoms with Crippen molar-refractivity contribution in [3.8, 4) is 0 Å². The molecule has 24 heavy (non-hydrogen) atoms. The smallest absolute Gasteiger partial charge is 0.274 e. The highest BCUT2D eigenvalue weighted by Crippen LogP contribution is 2.26. The van der Waals surface area contributed by atoms with Crippen molar-refractivity contribution in [3.05, 3.63) is 41.5 Å². The SMILES string of the molecule is CCOCCc1cnc2n1CCN(C(=O)c1cnc(C)cn1)[C@H]2C. The maximum absolute atomic E-state index is 12.7. The monoisotopic (exact) mass is 329 g/mol. The summed E-state index contributed by atoms with van der Waals surface area (Å²) in [5.74, 6) is 0.821. The van der Waals surface area contributed by atoms with Gasteiger partial charge in [-0.25, -0.2) is 9.97 Å². The Morgan fingerprint density at radius 1 is 1.25 bits per heavy atom. The van der Waals surface area contributed by atoms with Gasteiger partial charge in [0.15, 0.2) is 0 Å². The molecule has 7 heteroatoms. The number of aryl methyl sites for hydroxylation is 1. The number of carbonyl (C=O) groups excluding carboxylic acids is 1. The van der Waals surface area contributed by atoms with Crippen molar-refractivity contribution in [2.45, 2.75) is 39.8 Å². The van der Waals surface area contributed by atoms with Crippen molar-refractivity contribution >= 4 is 5.91 Å². The van der Waals surface area contributed by atoms with Crippen LogP contribution in [0.4, 0.5) is 0 Å². The molecule has 1 atom stereocenters. The van der Waals surface area contributed by atoms with E-state index < -0.39 is 0 Å². The second-order valence-electron chi connectivity index (χ2n) is 5.92. The highest BCUT2D eigenvalue weighted by atomic mass is 16.5. The van der Waals surface area contributed by atoms with E-state index in [9.17, 15) is 4.79 Å². The van der Waals surface area contributed by atoms with Crippen LogP contribution < -0.4 is 0 Å².